The Hall–Kier alpha value is -3.55. The number of benzene rings is 2. The number of rotatable bonds is 8. The van der Waals surface area contributed by atoms with Crippen molar-refractivity contribution in [3.63, 3.8) is 0 Å². The van der Waals surface area contributed by atoms with Gasteiger partial charge in [-0.2, -0.15) is 5.10 Å². The van der Waals surface area contributed by atoms with E-state index in [0.717, 1.165) is 0 Å². The third kappa shape index (κ3) is 5.73. The van der Waals surface area contributed by atoms with Crippen LogP contribution in [0.15, 0.2) is 47.6 Å². The van der Waals surface area contributed by atoms with E-state index < -0.39 is 5.91 Å². The fourth-order valence-electron chi connectivity index (χ4n) is 2.37. The highest BCUT2D eigenvalue weighted by Gasteiger charge is 2.11. The third-order valence-electron chi connectivity index (χ3n) is 3.76. The molecule has 0 saturated heterocycles. The van der Waals surface area contributed by atoms with Crippen LogP contribution >= 0.6 is 0 Å². The maximum atomic E-state index is 12.2. The number of nitrogens with one attached hydrogen (secondary N) is 2. The molecule has 2 N–H and O–H groups in total. The Morgan fingerprint density at radius 2 is 1.71 bits per heavy atom. The van der Waals surface area contributed by atoms with Gasteiger partial charge >= 0.3 is 0 Å². The van der Waals surface area contributed by atoms with Crippen LogP contribution in [0.5, 0.6) is 17.2 Å². The molecule has 148 valence electrons. The second-order valence-electron chi connectivity index (χ2n) is 5.81. The molecular weight excluding hydrogens is 362 g/mol. The van der Waals surface area contributed by atoms with Crippen molar-refractivity contribution in [2.75, 3.05) is 26.6 Å². The zero-order valence-corrected chi connectivity index (χ0v) is 16.2. The Kier molecular flexibility index (Phi) is 7.38. The van der Waals surface area contributed by atoms with Gasteiger partial charge in [0.25, 0.3) is 5.91 Å². The number of carbonyl (C=O) groups excluding carboxylic acids is 2. The summed E-state index contributed by atoms with van der Waals surface area (Å²) in [7, 11) is 4.56. The molecule has 2 amide bonds. The van der Waals surface area contributed by atoms with Crippen molar-refractivity contribution in [3.8, 4) is 17.2 Å². The van der Waals surface area contributed by atoms with Gasteiger partial charge in [0.2, 0.25) is 5.91 Å². The molecule has 0 bridgehead atoms. The second-order valence-corrected chi connectivity index (χ2v) is 5.81. The number of methoxy groups -OCH3 is 3. The maximum Gasteiger partial charge on any atom is 0.271 e. The first-order valence-corrected chi connectivity index (χ1v) is 8.46. The van der Waals surface area contributed by atoms with Gasteiger partial charge in [0, 0.05) is 23.0 Å². The monoisotopic (exact) mass is 385 g/mol. The van der Waals surface area contributed by atoms with Gasteiger partial charge < -0.3 is 19.5 Å². The average molecular weight is 385 g/mol. The summed E-state index contributed by atoms with van der Waals surface area (Å²) in [6, 6.07) is 11.8. The lowest BCUT2D eigenvalue weighted by Crippen LogP contribution is -2.21. The highest BCUT2D eigenvalue weighted by molar-refractivity contribution is 6.06. The van der Waals surface area contributed by atoms with E-state index in [4.69, 9.17) is 14.2 Å². The van der Waals surface area contributed by atoms with Gasteiger partial charge in [-0.15, -0.1) is 0 Å². The van der Waals surface area contributed by atoms with Crippen molar-refractivity contribution < 1.29 is 23.8 Å². The summed E-state index contributed by atoms with van der Waals surface area (Å²) >= 11 is 0. The van der Waals surface area contributed by atoms with Crippen molar-refractivity contribution in [2.24, 2.45) is 5.10 Å². The number of carbonyl (C=O) groups is 2. The molecule has 0 atom stereocenters. The second kappa shape index (κ2) is 9.96. The molecule has 0 radical (unpaired) electrons. The zero-order chi connectivity index (χ0) is 20.5. The predicted octanol–water partition coefficient (Wildman–Crippen LogP) is 2.85. The Labute approximate surface area is 163 Å². The third-order valence-corrected chi connectivity index (χ3v) is 3.76. The largest absolute Gasteiger partial charge is 0.497 e. The van der Waals surface area contributed by atoms with Gasteiger partial charge in [0.15, 0.2) is 11.5 Å². The van der Waals surface area contributed by atoms with Crippen LogP contribution in [-0.4, -0.2) is 38.9 Å². The Balaban J connectivity index is 1.94. The minimum Gasteiger partial charge on any atom is -0.497 e. The van der Waals surface area contributed by atoms with Crippen LogP contribution in [0.25, 0.3) is 0 Å². The molecule has 28 heavy (non-hydrogen) atoms. The number of nitrogens with zero attached hydrogens (tertiary/aromatic N) is 1. The van der Waals surface area contributed by atoms with Crippen LogP contribution in [0.4, 0.5) is 5.69 Å². The summed E-state index contributed by atoms with van der Waals surface area (Å²) in [5.74, 6) is 0.926. The molecule has 0 aliphatic rings. The SMILES string of the molecule is COc1cccc(NC(=O)CC(C)=NNC(=O)c2ccc(OC)c(OC)c2)c1. The van der Waals surface area contributed by atoms with E-state index in [1.54, 1.807) is 56.5 Å². The van der Waals surface area contributed by atoms with Crippen LogP contribution in [0.3, 0.4) is 0 Å². The number of hydrogen-bond acceptors (Lipinski definition) is 6. The number of hydrazone groups is 1. The molecule has 0 spiro atoms. The summed E-state index contributed by atoms with van der Waals surface area (Å²) in [4.78, 5) is 24.4. The van der Waals surface area contributed by atoms with Gasteiger partial charge in [-0.3, -0.25) is 9.59 Å². The maximum absolute atomic E-state index is 12.2. The Bertz CT molecular complexity index is 880. The lowest BCUT2D eigenvalue weighted by molar-refractivity contribution is -0.115. The van der Waals surface area contributed by atoms with Gasteiger partial charge in [0.1, 0.15) is 5.75 Å². The highest BCUT2D eigenvalue weighted by Crippen LogP contribution is 2.27. The first kappa shape index (κ1) is 20.8. The molecular formula is C20H23N3O5. The van der Waals surface area contributed by atoms with E-state index in [9.17, 15) is 9.59 Å². The number of anilines is 1. The zero-order valence-electron chi connectivity index (χ0n) is 16.2. The summed E-state index contributed by atoms with van der Waals surface area (Å²) in [5, 5.41) is 6.73. The van der Waals surface area contributed by atoms with Crippen LogP contribution in [0, 0.1) is 0 Å². The Morgan fingerprint density at radius 3 is 2.39 bits per heavy atom. The summed E-state index contributed by atoms with van der Waals surface area (Å²) in [6.45, 7) is 1.65. The van der Waals surface area contributed by atoms with Crippen molar-refractivity contribution in [1.29, 1.82) is 0 Å². The number of amides is 2. The Morgan fingerprint density at radius 1 is 0.964 bits per heavy atom. The molecule has 0 saturated carbocycles. The van der Waals surface area contributed by atoms with Gasteiger partial charge in [-0.05, 0) is 37.3 Å². The van der Waals surface area contributed by atoms with Crippen LogP contribution in [0.1, 0.15) is 23.7 Å². The summed E-state index contributed by atoms with van der Waals surface area (Å²) in [5.41, 5.74) is 3.85. The normalized spacial score (nSPS) is 10.8. The van der Waals surface area contributed by atoms with Crippen molar-refractivity contribution >= 4 is 23.2 Å². The summed E-state index contributed by atoms with van der Waals surface area (Å²) < 4.78 is 15.4. The fraction of sp³-hybridized carbons (Fsp3) is 0.250. The molecule has 0 unspecified atom stereocenters. The molecule has 0 heterocycles. The molecule has 0 aliphatic carbocycles. The summed E-state index contributed by atoms with van der Waals surface area (Å²) in [6.07, 6.45) is 0.0312. The average Bonchev–Trinajstić information content (AvgIpc) is 2.71. The minimum absolute atomic E-state index is 0.0312. The quantitative estimate of drug-likeness (QED) is 0.538. The van der Waals surface area contributed by atoms with Gasteiger partial charge in [0.05, 0.1) is 27.8 Å². The molecule has 2 aromatic rings. The fourth-order valence-corrected chi connectivity index (χ4v) is 2.37. The van der Waals surface area contributed by atoms with E-state index in [-0.39, 0.29) is 12.3 Å². The predicted molar refractivity (Wildman–Crippen MR) is 106 cm³/mol. The molecule has 2 aromatic carbocycles. The molecule has 0 fully saturated rings. The van der Waals surface area contributed by atoms with Crippen LogP contribution < -0.4 is 25.0 Å². The molecule has 2 rings (SSSR count). The van der Waals surface area contributed by atoms with Crippen molar-refractivity contribution in [2.45, 2.75) is 13.3 Å². The lowest BCUT2D eigenvalue weighted by Gasteiger charge is -2.09. The highest BCUT2D eigenvalue weighted by atomic mass is 16.5. The molecule has 0 aliphatic heterocycles. The number of hydrogen-bond donors (Lipinski definition) is 2. The van der Waals surface area contributed by atoms with Crippen LogP contribution in [0.2, 0.25) is 0 Å². The van der Waals surface area contributed by atoms with Gasteiger partial charge in [-0.25, -0.2) is 5.43 Å². The van der Waals surface area contributed by atoms with E-state index >= 15 is 0 Å². The lowest BCUT2D eigenvalue weighted by atomic mass is 10.2. The van der Waals surface area contributed by atoms with Crippen molar-refractivity contribution in [1.82, 2.24) is 5.43 Å². The van der Waals surface area contributed by atoms with Gasteiger partial charge in [-0.1, -0.05) is 6.07 Å². The molecule has 0 aromatic heterocycles. The first-order chi connectivity index (χ1) is 13.5. The van der Waals surface area contributed by atoms with E-state index in [0.29, 0.717) is 34.2 Å². The van der Waals surface area contributed by atoms with Crippen LogP contribution in [-0.2, 0) is 4.79 Å². The number of ether oxygens (including phenoxy) is 3. The smallest absolute Gasteiger partial charge is 0.271 e. The first-order valence-electron chi connectivity index (χ1n) is 8.46. The standard InChI is InChI=1S/C20H23N3O5/c1-13(10-19(24)21-15-6-5-7-16(12-15)26-2)22-23-20(25)14-8-9-17(27-3)18(11-14)28-4/h5-9,11-12H,10H2,1-4H3,(H,21,24)(H,23,25). The minimum atomic E-state index is -0.423. The topological polar surface area (TPSA) is 98.2 Å². The van der Waals surface area contributed by atoms with Crippen molar-refractivity contribution in [3.05, 3.63) is 48.0 Å². The molecule has 8 nitrogen and oxygen atoms in total. The molecule has 8 heteroatoms. The van der Waals surface area contributed by atoms with E-state index in [2.05, 4.69) is 15.8 Å². The van der Waals surface area contributed by atoms with E-state index in [1.807, 2.05) is 0 Å². The van der Waals surface area contributed by atoms with E-state index in [1.165, 1.54) is 14.2 Å².